The molecule has 1 atom stereocenters. The molecule has 4 nitrogen and oxygen atoms in total. The highest BCUT2D eigenvalue weighted by atomic mass is 35.5. The highest BCUT2D eigenvalue weighted by Gasteiger charge is 2.23. The van der Waals surface area contributed by atoms with Crippen molar-refractivity contribution in [3.63, 3.8) is 0 Å². The molecule has 0 saturated carbocycles. The molecule has 8 heteroatoms. The van der Waals surface area contributed by atoms with E-state index < -0.39 is 17.4 Å². The lowest BCUT2D eigenvalue weighted by Crippen LogP contribution is -2.35. The van der Waals surface area contributed by atoms with Crippen molar-refractivity contribution in [1.82, 2.24) is 9.29 Å². The van der Waals surface area contributed by atoms with Crippen LogP contribution in [0.2, 0.25) is 5.02 Å². The third-order valence-electron chi connectivity index (χ3n) is 4.94. The van der Waals surface area contributed by atoms with Crippen molar-refractivity contribution < 1.29 is 13.0 Å². The maximum Gasteiger partial charge on any atom is 0.266 e. The van der Waals surface area contributed by atoms with Crippen LogP contribution in [0.1, 0.15) is 38.7 Å². The van der Waals surface area contributed by atoms with E-state index in [1.54, 1.807) is 36.4 Å². The summed E-state index contributed by atoms with van der Waals surface area (Å²) in [5, 5.41) is 7.58. The quantitative estimate of drug-likeness (QED) is 0.498. The van der Waals surface area contributed by atoms with Crippen molar-refractivity contribution in [3.05, 3.63) is 59.2 Å². The van der Waals surface area contributed by atoms with E-state index in [1.165, 1.54) is 10.2 Å². The van der Waals surface area contributed by atoms with Crippen LogP contribution < -0.4 is 10.6 Å². The van der Waals surface area contributed by atoms with Gasteiger partial charge in [0.1, 0.15) is 0 Å². The van der Waals surface area contributed by atoms with E-state index in [1.807, 2.05) is 19.9 Å². The summed E-state index contributed by atoms with van der Waals surface area (Å²) in [6.45, 7) is 5.80. The van der Waals surface area contributed by atoms with E-state index >= 15 is 0 Å². The van der Waals surface area contributed by atoms with Crippen LogP contribution in [0.25, 0.3) is 10.9 Å². The lowest BCUT2D eigenvalue weighted by atomic mass is 10.0. The lowest BCUT2D eigenvalue weighted by molar-refractivity contribution is 0.153. The van der Waals surface area contributed by atoms with E-state index in [-0.39, 0.29) is 11.6 Å². The number of alkyl halides is 2. The summed E-state index contributed by atoms with van der Waals surface area (Å²) in [5.41, 5.74) is 1.04. The van der Waals surface area contributed by atoms with Gasteiger partial charge >= 0.3 is 0 Å². The zero-order valence-electron chi connectivity index (χ0n) is 17.0. The fourth-order valence-electron chi connectivity index (χ4n) is 3.59. The first-order valence-electron chi connectivity index (χ1n) is 10.1. The summed E-state index contributed by atoms with van der Waals surface area (Å²) >= 11 is 6.01. The van der Waals surface area contributed by atoms with Crippen molar-refractivity contribution in [2.75, 3.05) is 18.4 Å². The molecule has 0 aliphatic carbocycles. The molecule has 1 saturated heterocycles. The number of anilines is 1. The van der Waals surface area contributed by atoms with E-state index in [0.29, 0.717) is 26.5 Å². The average molecular weight is 454 g/mol. The van der Waals surface area contributed by atoms with Crippen LogP contribution in [0, 0.1) is 0 Å². The molecule has 0 radical (unpaired) electrons. The Balaban J connectivity index is 0.00000124. The minimum atomic E-state index is -2.67. The number of rotatable bonds is 5. The molecule has 30 heavy (non-hydrogen) atoms. The van der Waals surface area contributed by atoms with Gasteiger partial charge in [-0.25, -0.2) is 13.0 Å². The van der Waals surface area contributed by atoms with Gasteiger partial charge in [0, 0.05) is 33.9 Å². The highest BCUT2D eigenvalue weighted by Crippen LogP contribution is 2.36. The summed E-state index contributed by atoms with van der Waals surface area (Å²) in [6, 6.07) is 12.2. The fraction of sp³-hybridized carbons (Fsp3) is 0.364. The van der Waals surface area contributed by atoms with E-state index in [9.17, 15) is 13.0 Å². The number of benzene rings is 2. The Hall–Kier alpha value is -1.96. The number of nitrogens with zero attached hydrogens (tertiary/aromatic N) is 1. The van der Waals surface area contributed by atoms with Gasteiger partial charge < -0.3 is 10.6 Å². The summed E-state index contributed by atoms with van der Waals surface area (Å²) in [6.07, 6.45) is 0.474. The first kappa shape index (κ1) is 22.7. The molecule has 1 aromatic heterocycles. The number of aromatic nitrogens is 1. The van der Waals surface area contributed by atoms with Crippen LogP contribution in [-0.4, -0.2) is 27.3 Å². The van der Waals surface area contributed by atoms with Crippen LogP contribution in [0.4, 0.5) is 14.5 Å². The minimum absolute atomic E-state index is 0.123. The molecule has 3 aromatic rings. The molecular formula is C22H26ClF2N3OS. The summed E-state index contributed by atoms with van der Waals surface area (Å²) in [7, 11) is -1.68. The van der Waals surface area contributed by atoms with Crippen LogP contribution in [0.5, 0.6) is 0 Å². The number of piperidine rings is 1. The van der Waals surface area contributed by atoms with Gasteiger partial charge in [-0.15, -0.1) is 0 Å². The second-order valence-corrected chi connectivity index (χ2v) is 8.59. The zero-order chi connectivity index (χ0) is 21.7. The third-order valence-corrected chi connectivity index (χ3v) is 6.49. The summed E-state index contributed by atoms with van der Waals surface area (Å²) in [5.74, 6) is 0. The van der Waals surface area contributed by atoms with Gasteiger partial charge in [-0.3, -0.25) is 3.97 Å². The average Bonchev–Trinajstić information content (AvgIpc) is 3.16. The van der Waals surface area contributed by atoms with Crippen LogP contribution in [0.15, 0.2) is 53.6 Å². The Bertz CT molecular complexity index is 1020. The maximum absolute atomic E-state index is 13.8. The molecule has 1 fully saturated rings. The van der Waals surface area contributed by atoms with Crippen molar-refractivity contribution in [1.29, 1.82) is 0 Å². The predicted molar refractivity (Wildman–Crippen MR) is 121 cm³/mol. The highest BCUT2D eigenvalue weighted by molar-refractivity contribution is 7.83. The number of fused-ring (bicyclic) bond motifs is 1. The van der Waals surface area contributed by atoms with Gasteiger partial charge in [0.05, 0.1) is 10.4 Å². The summed E-state index contributed by atoms with van der Waals surface area (Å²) < 4.78 is 42.1. The van der Waals surface area contributed by atoms with Gasteiger partial charge in [-0.2, -0.15) is 0 Å². The Kier molecular flexibility index (Phi) is 7.86. The zero-order valence-corrected chi connectivity index (χ0v) is 18.6. The molecular weight excluding hydrogens is 428 g/mol. The van der Waals surface area contributed by atoms with Gasteiger partial charge in [-0.1, -0.05) is 37.6 Å². The normalized spacial score (nSPS) is 15.7. The van der Waals surface area contributed by atoms with Crippen molar-refractivity contribution in [2.45, 2.75) is 44.1 Å². The standard InChI is InChI=1S/C20H20ClF2N3OS.C2H6/c21-13-3-1-4-15(11-13)28(27)26-12-16(20(22)23)19-17(5-2-6-18(19)26)25-14-7-9-24-10-8-14;1-2/h1-6,11-12,14,20,24-25H,7-10H2;1-2H3. The van der Waals surface area contributed by atoms with Crippen molar-refractivity contribution in [2.24, 2.45) is 0 Å². The van der Waals surface area contributed by atoms with E-state index in [4.69, 9.17) is 11.6 Å². The number of hydrogen-bond acceptors (Lipinski definition) is 3. The van der Waals surface area contributed by atoms with E-state index in [2.05, 4.69) is 10.6 Å². The van der Waals surface area contributed by atoms with Crippen LogP contribution in [-0.2, 0) is 11.0 Å². The van der Waals surface area contributed by atoms with Gasteiger partial charge in [0.15, 0.2) is 11.0 Å². The molecule has 2 aromatic carbocycles. The number of nitrogens with one attached hydrogen (secondary N) is 2. The molecule has 0 amide bonds. The molecule has 4 rings (SSSR count). The van der Waals surface area contributed by atoms with Gasteiger partial charge in [0.2, 0.25) is 0 Å². The lowest BCUT2D eigenvalue weighted by Gasteiger charge is -2.25. The topological polar surface area (TPSA) is 46.1 Å². The van der Waals surface area contributed by atoms with Gasteiger partial charge in [0.25, 0.3) is 6.43 Å². The number of halogens is 3. The number of hydrogen-bond donors (Lipinski definition) is 2. The third kappa shape index (κ3) is 4.85. The fourth-order valence-corrected chi connectivity index (χ4v) is 5.03. The van der Waals surface area contributed by atoms with Crippen LogP contribution >= 0.6 is 11.6 Å². The van der Waals surface area contributed by atoms with E-state index in [0.717, 1.165) is 25.9 Å². The Morgan fingerprint density at radius 1 is 1.17 bits per heavy atom. The monoisotopic (exact) mass is 453 g/mol. The molecule has 0 bridgehead atoms. The van der Waals surface area contributed by atoms with Gasteiger partial charge in [-0.05, 0) is 56.3 Å². The van der Waals surface area contributed by atoms with Crippen molar-refractivity contribution >= 4 is 39.2 Å². The second kappa shape index (κ2) is 10.4. The van der Waals surface area contributed by atoms with Crippen LogP contribution in [0.3, 0.4) is 0 Å². The molecule has 162 valence electrons. The first-order valence-corrected chi connectivity index (χ1v) is 11.6. The second-order valence-electron chi connectivity index (χ2n) is 6.79. The first-order chi connectivity index (χ1) is 14.5. The van der Waals surface area contributed by atoms with Crippen molar-refractivity contribution in [3.8, 4) is 0 Å². The Morgan fingerprint density at radius 3 is 2.53 bits per heavy atom. The minimum Gasteiger partial charge on any atom is -0.382 e. The smallest absolute Gasteiger partial charge is 0.266 e. The predicted octanol–water partition coefficient (Wildman–Crippen LogP) is 5.99. The molecule has 1 aliphatic heterocycles. The molecule has 1 unspecified atom stereocenters. The largest absolute Gasteiger partial charge is 0.382 e. The maximum atomic E-state index is 13.8. The SMILES string of the molecule is CC.O=S(c1cccc(Cl)c1)n1cc(C(F)F)c2c(NC3CCNCC3)cccc21. The summed E-state index contributed by atoms with van der Waals surface area (Å²) in [4.78, 5) is 0.460. The molecule has 0 spiro atoms. The Morgan fingerprint density at radius 2 is 1.87 bits per heavy atom. The molecule has 2 N–H and O–H groups in total. The molecule has 2 heterocycles. The molecule has 1 aliphatic rings. The Labute approximate surface area is 183 Å².